The molecule has 0 unspecified atom stereocenters. The van der Waals surface area contributed by atoms with Crippen molar-refractivity contribution in [1.29, 1.82) is 0 Å². The summed E-state index contributed by atoms with van der Waals surface area (Å²) in [5, 5.41) is 11.5. The number of pyridine rings is 1. The molecule has 8 heteroatoms. The average Bonchev–Trinajstić information content (AvgIpc) is 3.36. The minimum absolute atomic E-state index is 0.106. The summed E-state index contributed by atoms with van der Waals surface area (Å²) >= 11 is 0. The number of ether oxygens (including phenoxy) is 1. The highest BCUT2D eigenvalue weighted by Crippen LogP contribution is 2.38. The third-order valence-corrected chi connectivity index (χ3v) is 4.59. The molecule has 0 spiro atoms. The molecule has 4 rings (SSSR count). The zero-order valence-corrected chi connectivity index (χ0v) is 17.1. The van der Waals surface area contributed by atoms with Gasteiger partial charge in [-0.3, -0.25) is 9.78 Å². The molecule has 3 N–H and O–H groups in total. The molecule has 4 aromatic rings. The highest BCUT2D eigenvalue weighted by atomic mass is 19.1. The maximum Gasteiger partial charge on any atom is 0.130 e. The highest BCUT2D eigenvalue weighted by molar-refractivity contribution is 5.84. The van der Waals surface area contributed by atoms with Gasteiger partial charge in [-0.1, -0.05) is 0 Å². The number of halogens is 1. The van der Waals surface area contributed by atoms with Gasteiger partial charge in [0.15, 0.2) is 0 Å². The van der Waals surface area contributed by atoms with Crippen molar-refractivity contribution >= 4 is 0 Å². The number of rotatable bonds is 6. The van der Waals surface area contributed by atoms with Gasteiger partial charge in [0.1, 0.15) is 17.3 Å². The fraction of sp³-hybridized carbons (Fsp3) is 0.227. The Morgan fingerprint density at radius 3 is 2.60 bits per heavy atom. The molecule has 0 aliphatic heterocycles. The van der Waals surface area contributed by atoms with E-state index >= 15 is 0 Å². The quantitative estimate of drug-likeness (QED) is 0.506. The molecule has 0 bridgehead atoms. The van der Waals surface area contributed by atoms with Crippen molar-refractivity contribution in [2.45, 2.75) is 26.5 Å². The van der Waals surface area contributed by atoms with Crippen molar-refractivity contribution in [3.8, 4) is 39.5 Å². The second-order valence-corrected chi connectivity index (χ2v) is 7.28. The van der Waals surface area contributed by atoms with Crippen LogP contribution in [0.15, 0.2) is 48.8 Å². The zero-order chi connectivity index (χ0) is 21.3. The highest BCUT2D eigenvalue weighted by Gasteiger charge is 2.18. The molecule has 0 aliphatic rings. The van der Waals surface area contributed by atoms with Gasteiger partial charge in [0.05, 0.1) is 23.7 Å². The van der Waals surface area contributed by atoms with Crippen LogP contribution < -0.4 is 10.5 Å². The first-order valence-electron chi connectivity index (χ1n) is 9.66. The smallest absolute Gasteiger partial charge is 0.130 e. The summed E-state index contributed by atoms with van der Waals surface area (Å²) in [6.07, 6.45) is 3.55. The summed E-state index contributed by atoms with van der Waals surface area (Å²) in [7, 11) is 1.86. The van der Waals surface area contributed by atoms with Crippen LogP contribution in [0.25, 0.3) is 33.8 Å². The van der Waals surface area contributed by atoms with Gasteiger partial charge in [-0.05, 0) is 44.2 Å². The van der Waals surface area contributed by atoms with E-state index in [1.807, 2.05) is 45.3 Å². The molecule has 0 atom stereocenters. The molecule has 0 radical (unpaired) electrons. The summed E-state index contributed by atoms with van der Waals surface area (Å²) in [6, 6.07) is 10.2. The molecule has 0 saturated carbocycles. The third-order valence-electron chi connectivity index (χ3n) is 4.59. The van der Waals surface area contributed by atoms with Gasteiger partial charge in [0.25, 0.3) is 0 Å². The number of hydrogen-bond acceptors (Lipinski definition) is 5. The van der Waals surface area contributed by atoms with E-state index in [4.69, 9.17) is 15.5 Å². The van der Waals surface area contributed by atoms with Crippen LogP contribution in [0.2, 0.25) is 0 Å². The topological polar surface area (TPSA) is 94.6 Å². The van der Waals surface area contributed by atoms with Crippen LogP contribution in [0.5, 0.6) is 5.75 Å². The molecular formula is C22H23FN6O. The first-order chi connectivity index (χ1) is 14.4. The van der Waals surface area contributed by atoms with E-state index in [0.717, 1.165) is 28.1 Å². The van der Waals surface area contributed by atoms with Gasteiger partial charge < -0.3 is 10.5 Å². The molecule has 0 aliphatic carbocycles. The Bertz CT molecular complexity index is 1180. The Morgan fingerprint density at radius 2 is 1.93 bits per heavy atom. The third kappa shape index (κ3) is 3.95. The lowest BCUT2D eigenvalue weighted by atomic mass is 9.99. The fourth-order valence-corrected chi connectivity index (χ4v) is 3.24. The molecule has 1 aromatic carbocycles. The number of H-pyrrole nitrogens is 1. The van der Waals surface area contributed by atoms with Crippen LogP contribution in [0.4, 0.5) is 4.39 Å². The lowest BCUT2D eigenvalue weighted by molar-refractivity contribution is 0.242. The van der Waals surface area contributed by atoms with Crippen molar-refractivity contribution in [3.63, 3.8) is 0 Å². The number of aryl methyl sites for hydroxylation is 1. The minimum atomic E-state index is -0.360. The monoisotopic (exact) mass is 406 g/mol. The summed E-state index contributed by atoms with van der Waals surface area (Å²) in [4.78, 5) is 4.87. The van der Waals surface area contributed by atoms with Crippen molar-refractivity contribution in [2.24, 2.45) is 12.8 Å². The van der Waals surface area contributed by atoms with Gasteiger partial charge in [0, 0.05) is 48.2 Å². The molecule has 3 aromatic heterocycles. The van der Waals surface area contributed by atoms with Crippen LogP contribution in [0.1, 0.15) is 19.5 Å². The maximum atomic E-state index is 13.9. The van der Waals surface area contributed by atoms with Crippen LogP contribution in [0.3, 0.4) is 0 Å². The van der Waals surface area contributed by atoms with E-state index in [2.05, 4.69) is 15.3 Å². The van der Waals surface area contributed by atoms with E-state index in [9.17, 15) is 4.39 Å². The minimum Gasteiger partial charge on any atom is -0.490 e. The lowest BCUT2D eigenvalue weighted by Crippen LogP contribution is -2.07. The molecule has 7 nitrogen and oxygen atoms in total. The van der Waals surface area contributed by atoms with E-state index in [0.29, 0.717) is 23.7 Å². The largest absolute Gasteiger partial charge is 0.490 e. The van der Waals surface area contributed by atoms with Crippen molar-refractivity contribution < 1.29 is 9.13 Å². The Kier molecular flexibility index (Phi) is 5.33. The summed E-state index contributed by atoms with van der Waals surface area (Å²) < 4.78 is 21.5. The molecule has 0 saturated heterocycles. The number of hydrogen-bond donors (Lipinski definition) is 2. The Morgan fingerprint density at radius 1 is 1.13 bits per heavy atom. The maximum absolute atomic E-state index is 13.9. The average molecular weight is 406 g/mol. The van der Waals surface area contributed by atoms with Gasteiger partial charge in [-0.25, -0.2) is 9.37 Å². The molecule has 0 amide bonds. The first kappa shape index (κ1) is 19.8. The predicted octanol–water partition coefficient (Wildman–Crippen LogP) is 3.92. The van der Waals surface area contributed by atoms with Crippen molar-refractivity contribution in [3.05, 3.63) is 60.3 Å². The predicted molar refractivity (Wildman–Crippen MR) is 113 cm³/mol. The van der Waals surface area contributed by atoms with Gasteiger partial charge >= 0.3 is 0 Å². The lowest BCUT2D eigenvalue weighted by Gasteiger charge is -2.16. The number of nitrogens with zero attached hydrogens (tertiary/aromatic N) is 4. The summed E-state index contributed by atoms with van der Waals surface area (Å²) in [6.45, 7) is 4.14. The molecule has 30 heavy (non-hydrogen) atoms. The molecule has 0 fully saturated rings. The SMILES string of the molecule is CC(C)Oc1cc(F)ccc1-c1ccc(-c2cnn(C)c2)nc1-c1cc(CN)[nH]n1. The van der Waals surface area contributed by atoms with Gasteiger partial charge in [-0.15, -0.1) is 0 Å². The number of aromatic amines is 1. The molecule has 3 heterocycles. The Hall–Kier alpha value is -3.52. The standard InChI is InChI=1S/C22H23FN6O/c1-13(2)30-21-8-15(23)4-5-17(21)18-6-7-19(14-11-25-29(3)12-14)26-22(18)20-9-16(10-24)27-28-20/h4-9,11-13H,10,24H2,1-3H3,(H,27,28). The van der Waals surface area contributed by atoms with E-state index < -0.39 is 0 Å². The fourth-order valence-electron chi connectivity index (χ4n) is 3.24. The normalized spacial score (nSPS) is 11.3. The summed E-state index contributed by atoms with van der Waals surface area (Å²) in [5.74, 6) is 0.0952. The Balaban J connectivity index is 1.91. The molecule has 154 valence electrons. The van der Waals surface area contributed by atoms with Crippen molar-refractivity contribution in [2.75, 3.05) is 0 Å². The number of aromatic nitrogens is 5. The zero-order valence-electron chi connectivity index (χ0n) is 17.1. The second kappa shape index (κ2) is 8.08. The second-order valence-electron chi connectivity index (χ2n) is 7.28. The van der Waals surface area contributed by atoms with Crippen LogP contribution in [0, 0.1) is 5.82 Å². The first-order valence-corrected chi connectivity index (χ1v) is 9.66. The number of nitrogens with one attached hydrogen (secondary N) is 1. The van der Waals surface area contributed by atoms with Gasteiger partial charge in [-0.2, -0.15) is 10.2 Å². The van der Waals surface area contributed by atoms with Crippen molar-refractivity contribution in [1.82, 2.24) is 25.0 Å². The summed E-state index contributed by atoms with van der Waals surface area (Å²) in [5.41, 5.74) is 11.0. The van der Waals surface area contributed by atoms with Gasteiger partial charge in [0.2, 0.25) is 0 Å². The van der Waals surface area contributed by atoms with Crippen LogP contribution >= 0.6 is 0 Å². The van der Waals surface area contributed by atoms with E-state index in [-0.39, 0.29) is 11.9 Å². The Labute approximate surface area is 173 Å². The number of nitrogens with two attached hydrogens (primary N) is 1. The van der Waals surface area contributed by atoms with E-state index in [1.165, 1.54) is 12.1 Å². The van der Waals surface area contributed by atoms with Crippen LogP contribution in [-0.2, 0) is 13.6 Å². The van der Waals surface area contributed by atoms with Crippen LogP contribution in [-0.4, -0.2) is 31.1 Å². The van der Waals surface area contributed by atoms with E-state index in [1.54, 1.807) is 16.9 Å². The molecular weight excluding hydrogens is 383 g/mol. The number of benzene rings is 1.